The lowest BCUT2D eigenvalue weighted by Gasteiger charge is -2.19. The highest BCUT2D eigenvalue weighted by atomic mass is 16.5. The van der Waals surface area contributed by atoms with Crippen molar-refractivity contribution in [2.45, 2.75) is 19.4 Å². The molecule has 2 rings (SSSR count). The van der Waals surface area contributed by atoms with Crippen LogP contribution in [0.5, 0.6) is 11.5 Å². The Labute approximate surface area is 146 Å². The second-order valence-corrected chi connectivity index (χ2v) is 5.55. The molecule has 0 saturated carbocycles. The van der Waals surface area contributed by atoms with Gasteiger partial charge in [-0.1, -0.05) is 24.3 Å². The number of rotatable bonds is 7. The normalized spacial score (nSPS) is 11.5. The average Bonchev–Trinajstić information content (AvgIpc) is 2.60. The highest BCUT2D eigenvalue weighted by Crippen LogP contribution is 2.31. The summed E-state index contributed by atoms with van der Waals surface area (Å²) in [4.78, 5) is 23.8. The van der Waals surface area contributed by atoms with Gasteiger partial charge in [-0.3, -0.25) is 9.59 Å². The molecular weight excluding hydrogens is 322 g/mol. The molecule has 6 heteroatoms. The fourth-order valence-electron chi connectivity index (χ4n) is 2.56. The van der Waals surface area contributed by atoms with E-state index in [9.17, 15) is 14.7 Å². The average molecular weight is 343 g/mol. The number of carbonyl (C=O) groups is 2. The maximum absolute atomic E-state index is 12.5. The van der Waals surface area contributed by atoms with Crippen molar-refractivity contribution in [3.05, 3.63) is 59.2 Å². The van der Waals surface area contributed by atoms with E-state index in [0.29, 0.717) is 22.6 Å². The lowest BCUT2D eigenvalue weighted by molar-refractivity contribution is -0.137. The van der Waals surface area contributed by atoms with Gasteiger partial charge in [0.1, 0.15) is 0 Å². The van der Waals surface area contributed by atoms with Crippen molar-refractivity contribution in [1.82, 2.24) is 5.32 Å². The third kappa shape index (κ3) is 4.50. The van der Waals surface area contributed by atoms with Gasteiger partial charge in [-0.25, -0.2) is 0 Å². The minimum absolute atomic E-state index is 0.243. The van der Waals surface area contributed by atoms with Crippen LogP contribution in [0.3, 0.4) is 0 Å². The van der Waals surface area contributed by atoms with Crippen molar-refractivity contribution in [3.63, 3.8) is 0 Å². The topological polar surface area (TPSA) is 84.9 Å². The van der Waals surface area contributed by atoms with Gasteiger partial charge < -0.3 is 19.9 Å². The Morgan fingerprint density at radius 3 is 2.36 bits per heavy atom. The number of carbonyl (C=O) groups excluding carboxylic acids is 1. The van der Waals surface area contributed by atoms with Crippen LogP contribution in [0.25, 0.3) is 0 Å². The summed E-state index contributed by atoms with van der Waals surface area (Å²) in [6.45, 7) is 1.83. The summed E-state index contributed by atoms with van der Waals surface area (Å²) in [5, 5.41) is 12.0. The summed E-state index contributed by atoms with van der Waals surface area (Å²) in [5.74, 6) is -0.324. The van der Waals surface area contributed by atoms with Crippen molar-refractivity contribution in [2.75, 3.05) is 14.2 Å². The van der Waals surface area contributed by atoms with E-state index < -0.39 is 12.0 Å². The first-order chi connectivity index (χ1) is 12.0. The van der Waals surface area contributed by atoms with Crippen LogP contribution in [0.15, 0.2) is 42.5 Å². The number of ether oxygens (including phenoxy) is 2. The molecule has 0 radical (unpaired) electrons. The van der Waals surface area contributed by atoms with Crippen molar-refractivity contribution in [3.8, 4) is 11.5 Å². The Bertz CT molecular complexity index is 772. The number of amides is 1. The Hall–Kier alpha value is -3.02. The predicted octanol–water partition coefficient (Wildman–Crippen LogP) is 2.96. The van der Waals surface area contributed by atoms with E-state index in [1.807, 2.05) is 19.1 Å². The maximum atomic E-state index is 12.5. The number of methoxy groups -OCH3 is 2. The highest BCUT2D eigenvalue weighted by Gasteiger charge is 2.21. The van der Waals surface area contributed by atoms with Crippen molar-refractivity contribution in [2.24, 2.45) is 0 Å². The Kier molecular flexibility index (Phi) is 6.00. The molecule has 132 valence electrons. The number of carboxylic acids is 1. The van der Waals surface area contributed by atoms with Gasteiger partial charge in [0.15, 0.2) is 11.5 Å². The van der Waals surface area contributed by atoms with E-state index in [1.165, 1.54) is 14.2 Å². The number of nitrogens with one attached hydrogen (secondary N) is 1. The lowest BCUT2D eigenvalue weighted by Crippen LogP contribution is -2.30. The summed E-state index contributed by atoms with van der Waals surface area (Å²) in [7, 11) is 3.02. The highest BCUT2D eigenvalue weighted by molar-refractivity contribution is 5.96. The zero-order valence-electron chi connectivity index (χ0n) is 14.4. The third-order valence-corrected chi connectivity index (χ3v) is 3.88. The number of hydrogen-bond donors (Lipinski definition) is 2. The first-order valence-electron chi connectivity index (χ1n) is 7.76. The molecule has 0 fully saturated rings. The molecule has 1 atom stereocenters. The van der Waals surface area contributed by atoms with Gasteiger partial charge in [0.25, 0.3) is 5.91 Å². The summed E-state index contributed by atoms with van der Waals surface area (Å²) in [5.41, 5.74) is 1.96. The first-order valence-corrected chi connectivity index (χ1v) is 7.76. The monoisotopic (exact) mass is 343 g/mol. The van der Waals surface area contributed by atoms with E-state index >= 15 is 0 Å². The van der Waals surface area contributed by atoms with Gasteiger partial charge in [-0.2, -0.15) is 0 Å². The molecule has 2 aromatic rings. The number of aryl methyl sites for hydroxylation is 1. The second-order valence-electron chi connectivity index (χ2n) is 5.55. The van der Waals surface area contributed by atoms with Crippen molar-refractivity contribution >= 4 is 11.9 Å². The largest absolute Gasteiger partial charge is 0.493 e. The van der Waals surface area contributed by atoms with Crippen molar-refractivity contribution in [1.29, 1.82) is 0 Å². The Balaban J connectivity index is 2.32. The molecule has 25 heavy (non-hydrogen) atoms. The van der Waals surface area contributed by atoms with Crippen LogP contribution >= 0.6 is 0 Å². The minimum Gasteiger partial charge on any atom is -0.493 e. The smallest absolute Gasteiger partial charge is 0.305 e. The zero-order chi connectivity index (χ0) is 18.4. The molecule has 0 aliphatic carbocycles. The molecule has 2 aromatic carbocycles. The first kappa shape index (κ1) is 18.3. The van der Waals surface area contributed by atoms with Crippen LogP contribution in [-0.4, -0.2) is 31.2 Å². The van der Waals surface area contributed by atoms with Gasteiger partial charge >= 0.3 is 5.97 Å². The predicted molar refractivity (Wildman–Crippen MR) is 93.2 cm³/mol. The van der Waals surface area contributed by atoms with E-state index in [0.717, 1.165) is 5.56 Å². The van der Waals surface area contributed by atoms with Crippen LogP contribution in [0.4, 0.5) is 0 Å². The van der Waals surface area contributed by atoms with Crippen LogP contribution in [-0.2, 0) is 4.79 Å². The fourth-order valence-corrected chi connectivity index (χ4v) is 2.56. The van der Waals surface area contributed by atoms with E-state index in [-0.39, 0.29) is 12.3 Å². The number of benzene rings is 2. The number of carboxylic acid groups (broad SMARTS) is 1. The van der Waals surface area contributed by atoms with Crippen LogP contribution in [0.1, 0.15) is 33.9 Å². The maximum Gasteiger partial charge on any atom is 0.305 e. The minimum atomic E-state index is -1.01. The SMILES string of the molecule is COc1ccc([C@H](CC(=O)O)NC(=O)c2ccccc2C)cc1OC. The third-order valence-electron chi connectivity index (χ3n) is 3.88. The molecule has 0 aliphatic rings. The van der Waals surface area contributed by atoms with Crippen LogP contribution in [0.2, 0.25) is 0 Å². The van der Waals surface area contributed by atoms with Crippen LogP contribution in [0, 0.1) is 6.92 Å². The van der Waals surface area contributed by atoms with E-state index in [1.54, 1.807) is 30.3 Å². The summed E-state index contributed by atoms with van der Waals surface area (Å²) in [6.07, 6.45) is -0.243. The molecule has 6 nitrogen and oxygen atoms in total. The molecule has 0 spiro atoms. The van der Waals surface area contributed by atoms with Gasteiger partial charge in [0, 0.05) is 5.56 Å². The Morgan fingerprint density at radius 2 is 1.76 bits per heavy atom. The molecule has 2 N–H and O–H groups in total. The molecule has 0 unspecified atom stereocenters. The molecule has 0 heterocycles. The van der Waals surface area contributed by atoms with Gasteiger partial charge in [0.2, 0.25) is 0 Å². The second kappa shape index (κ2) is 8.19. The molecule has 0 bridgehead atoms. The molecular formula is C19H21NO5. The van der Waals surface area contributed by atoms with E-state index in [2.05, 4.69) is 5.32 Å². The lowest BCUT2D eigenvalue weighted by atomic mass is 10.0. The molecule has 0 aliphatic heterocycles. The van der Waals surface area contributed by atoms with Crippen LogP contribution < -0.4 is 14.8 Å². The summed E-state index contributed by atoms with van der Waals surface area (Å²) < 4.78 is 10.4. The van der Waals surface area contributed by atoms with E-state index in [4.69, 9.17) is 9.47 Å². The molecule has 1 amide bonds. The van der Waals surface area contributed by atoms with Gasteiger partial charge in [-0.05, 0) is 36.2 Å². The number of aliphatic carboxylic acids is 1. The molecule has 0 aromatic heterocycles. The standard InChI is InChI=1S/C19H21NO5/c1-12-6-4-5-7-14(12)19(23)20-15(11-18(21)22)13-8-9-16(24-2)17(10-13)25-3/h4-10,15H,11H2,1-3H3,(H,20,23)(H,21,22)/t15-/m0/s1. The quantitative estimate of drug-likeness (QED) is 0.807. The fraction of sp³-hybridized carbons (Fsp3) is 0.263. The van der Waals surface area contributed by atoms with Gasteiger partial charge in [-0.15, -0.1) is 0 Å². The zero-order valence-corrected chi connectivity index (χ0v) is 14.4. The van der Waals surface area contributed by atoms with Gasteiger partial charge in [0.05, 0.1) is 26.7 Å². The number of hydrogen-bond acceptors (Lipinski definition) is 4. The van der Waals surface area contributed by atoms with Crippen molar-refractivity contribution < 1.29 is 24.2 Å². The Morgan fingerprint density at radius 1 is 1.08 bits per heavy atom. The molecule has 0 saturated heterocycles. The summed E-state index contributed by atoms with van der Waals surface area (Å²) >= 11 is 0. The summed E-state index contributed by atoms with van der Waals surface area (Å²) in [6, 6.07) is 11.5.